The van der Waals surface area contributed by atoms with Crippen LogP contribution in [0.1, 0.15) is 33.1 Å². The predicted octanol–water partition coefficient (Wildman–Crippen LogP) is 0.945. The van der Waals surface area contributed by atoms with Crippen molar-refractivity contribution in [2.45, 2.75) is 33.1 Å². The summed E-state index contributed by atoms with van der Waals surface area (Å²) in [5.41, 5.74) is -1.11. The van der Waals surface area contributed by atoms with Crippen LogP contribution >= 0.6 is 0 Å². The number of hydrogen-bond acceptors (Lipinski definition) is 3. The molecule has 0 aromatic carbocycles. The molecule has 5 nitrogen and oxygen atoms in total. The van der Waals surface area contributed by atoms with Crippen LogP contribution in [0.4, 0.5) is 0 Å². The Hall–Kier alpha value is -1.10. The van der Waals surface area contributed by atoms with Gasteiger partial charge in [-0.3, -0.25) is 9.59 Å². The lowest BCUT2D eigenvalue weighted by Crippen LogP contribution is -2.44. The lowest BCUT2D eigenvalue weighted by atomic mass is 9.78. The van der Waals surface area contributed by atoms with Crippen LogP contribution in [0.2, 0.25) is 0 Å². The summed E-state index contributed by atoms with van der Waals surface area (Å²) in [5.74, 6) is -0.736. The van der Waals surface area contributed by atoms with E-state index in [1.807, 2.05) is 0 Å². The van der Waals surface area contributed by atoms with Gasteiger partial charge in [-0.2, -0.15) is 0 Å². The van der Waals surface area contributed by atoms with Crippen LogP contribution in [-0.4, -0.2) is 48.6 Å². The molecule has 1 aliphatic carbocycles. The number of hydrogen-bond donors (Lipinski definition) is 2. The number of nitrogens with zero attached hydrogens (tertiary/aromatic N) is 1. The summed E-state index contributed by atoms with van der Waals surface area (Å²) in [5, 5.41) is 11.9. The highest BCUT2D eigenvalue weighted by Gasteiger charge is 2.57. The molecular formula is C14H24N2O3. The zero-order chi connectivity index (χ0) is 14.3. The molecule has 0 aromatic heterocycles. The average Bonchev–Trinajstić information content (AvgIpc) is 3.03. The van der Waals surface area contributed by atoms with E-state index in [4.69, 9.17) is 5.11 Å². The first kappa shape index (κ1) is 14.3. The lowest BCUT2D eigenvalue weighted by Gasteiger charge is -2.32. The van der Waals surface area contributed by atoms with E-state index in [1.165, 1.54) is 0 Å². The highest BCUT2D eigenvalue weighted by atomic mass is 16.4. The van der Waals surface area contributed by atoms with Gasteiger partial charge in [-0.25, -0.2) is 0 Å². The summed E-state index contributed by atoms with van der Waals surface area (Å²) in [6.07, 6.45) is 2.09. The minimum Gasteiger partial charge on any atom is -0.480 e. The maximum Gasteiger partial charge on any atom is 0.319 e. The van der Waals surface area contributed by atoms with Gasteiger partial charge in [-0.1, -0.05) is 13.8 Å². The fourth-order valence-electron chi connectivity index (χ4n) is 2.86. The van der Waals surface area contributed by atoms with Gasteiger partial charge in [-0.05, 0) is 44.2 Å². The molecule has 0 aromatic rings. The Morgan fingerprint density at radius 1 is 1.42 bits per heavy atom. The van der Waals surface area contributed by atoms with Crippen molar-refractivity contribution in [3.63, 3.8) is 0 Å². The van der Waals surface area contributed by atoms with Crippen molar-refractivity contribution in [2.24, 2.45) is 16.7 Å². The van der Waals surface area contributed by atoms with Crippen molar-refractivity contribution in [3.8, 4) is 0 Å². The van der Waals surface area contributed by atoms with Gasteiger partial charge in [0.1, 0.15) is 5.41 Å². The Labute approximate surface area is 114 Å². The third-order valence-corrected chi connectivity index (χ3v) is 4.80. The molecule has 19 heavy (non-hydrogen) atoms. The van der Waals surface area contributed by atoms with Crippen molar-refractivity contribution in [1.82, 2.24) is 10.2 Å². The van der Waals surface area contributed by atoms with Gasteiger partial charge >= 0.3 is 5.97 Å². The third kappa shape index (κ3) is 2.76. The maximum absolute atomic E-state index is 12.0. The minimum atomic E-state index is -1.12. The van der Waals surface area contributed by atoms with Crippen molar-refractivity contribution in [3.05, 3.63) is 0 Å². The SMILES string of the molecule is CN1CCC(C(C)(C)CNC(=O)C2(C(=O)O)CC2)C1. The van der Waals surface area contributed by atoms with Gasteiger partial charge in [0.05, 0.1) is 0 Å². The Morgan fingerprint density at radius 2 is 2.05 bits per heavy atom. The molecule has 5 heteroatoms. The minimum absolute atomic E-state index is 0.00893. The maximum atomic E-state index is 12.0. The second-order valence-corrected chi connectivity index (χ2v) is 6.81. The fourth-order valence-corrected chi connectivity index (χ4v) is 2.86. The van der Waals surface area contributed by atoms with Crippen LogP contribution in [0, 0.1) is 16.7 Å². The standard InChI is InChI=1S/C14H24N2O3/c1-13(2,10-4-7-16(3)8-10)9-15-11(17)14(5-6-14)12(18)19/h10H,4-9H2,1-3H3,(H,15,17)(H,18,19). The highest BCUT2D eigenvalue weighted by Crippen LogP contribution is 2.46. The number of likely N-dealkylation sites (tertiary alicyclic amines) is 1. The number of aliphatic carboxylic acids is 1. The molecule has 2 fully saturated rings. The zero-order valence-corrected chi connectivity index (χ0v) is 12.0. The van der Waals surface area contributed by atoms with E-state index < -0.39 is 11.4 Å². The first-order chi connectivity index (χ1) is 8.78. The second kappa shape index (κ2) is 4.78. The molecule has 1 heterocycles. The molecule has 1 unspecified atom stereocenters. The van der Waals surface area contributed by atoms with Gasteiger partial charge < -0.3 is 15.3 Å². The molecular weight excluding hydrogens is 244 g/mol. The molecule has 1 saturated carbocycles. The molecule has 2 N–H and O–H groups in total. The van der Waals surface area contributed by atoms with E-state index in [9.17, 15) is 9.59 Å². The first-order valence-corrected chi connectivity index (χ1v) is 6.98. The topological polar surface area (TPSA) is 69.6 Å². The summed E-state index contributed by atoms with van der Waals surface area (Å²) < 4.78 is 0. The smallest absolute Gasteiger partial charge is 0.319 e. The molecule has 2 rings (SSSR count). The molecule has 0 radical (unpaired) electrons. The van der Waals surface area contributed by atoms with Gasteiger partial charge in [-0.15, -0.1) is 0 Å². The van der Waals surface area contributed by atoms with Crippen LogP contribution in [0.15, 0.2) is 0 Å². The van der Waals surface area contributed by atoms with Crippen LogP contribution in [0.3, 0.4) is 0 Å². The number of carboxylic acid groups (broad SMARTS) is 1. The average molecular weight is 268 g/mol. The Kier molecular flexibility index (Phi) is 3.60. The van der Waals surface area contributed by atoms with E-state index in [0.29, 0.717) is 25.3 Å². The van der Waals surface area contributed by atoms with E-state index in [2.05, 4.69) is 31.1 Å². The monoisotopic (exact) mass is 268 g/mol. The van der Waals surface area contributed by atoms with Gasteiger partial charge in [0.2, 0.25) is 5.91 Å². The number of rotatable bonds is 5. The van der Waals surface area contributed by atoms with Crippen LogP contribution < -0.4 is 5.32 Å². The summed E-state index contributed by atoms with van der Waals surface area (Å²) >= 11 is 0. The summed E-state index contributed by atoms with van der Waals surface area (Å²) in [7, 11) is 2.11. The van der Waals surface area contributed by atoms with E-state index >= 15 is 0 Å². The number of amides is 1. The summed E-state index contributed by atoms with van der Waals surface area (Å²) in [6.45, 7) is 7.00. The molecule has 1 amide bonds. The van der Waals surface area contributed by atoms with E-state index in [-0.39, 0.29) is 11.3 Å². The van der Waals surface area contributed by atoms with Crippen LogP contribution in [0.5, 0.6) is 0 Å². The third-order valence-electron chi connectivity index (χ3n) is 4.80. The summed E-state index contributed by atoms with van der Waals surface area (Å²) in [6, 6.07) is 0. The number of carbonyl (C=O) groups excluding carboxylic acids is 1. The Bertz CT molecular complexity index is 388. The van der Waals surface area contributed by atoms with Gasteiger partial charge in [0.15, 0.2) is 0 Å². The lowest BCUT2D eigenvalue weighted by molar-refractivity contribution is -0.149. The molecule has 2 aliphatic rings. The molecule has 0 spiro atoms. The first-order valence-electron chi connectivity index (χ1n) is 6.98. The molecule has 108 valence electrons. The highest BCUT2D eigenvalue weighted by molar-refractivity contribution is 6.04. The van der Waals surface area contributed by atoms with Crippen LogP contribution in [0.25, 0.3) is 0 Å². The molecule has 1 aliphatic heterocycles. The largest absolute Gasteiger partial charge is 0.480 e. The normalized spacial score (nSPS) is 26.2. The fraction of sp³-hybridized carbons (Fsp3) is 0.857. The van der Waals surface area contributed by atoms with Gasteiger partial charge in [0, 0.05) is 13.1 Å². The Balaban J connectivity index is 1.88. The molecule has 1 atom stereocenters. The van der Waals surface area contributed by atoms with Gasteiger partial charge in [0.25, 0.3) is 0 Å². The van der Waals surface area contributed by atoms with Crippen LogP contribution in [-0.2, 0) is 9.59 Å². The predicted molar refractivity (Wildman–Crippen MR) is 71.7 cm³/mol. The number of carboxylic acids is 1. The van der Waals surface area contributed by atoms with E-state index in [1.54, 1.807) is 0 Å². The Morgan fingerprint density at radius 3 is 2.47 bits per heavy atom. The number of nitrogens with one attached hydrogen (secondary N) is 1. The van der Waals surface area contributed by atoms with Crippen molar-refractivity contribution < 1.29 is 14.7 Å². The second-order valence-electron chi connectivity index (χ2n) is 6.81. The molecule has 1 saturated heterocycles. The molecule has 0 bridgehead atoms. The quantitative estimate of drug-likeness (QED) is 0.728. The van der Waals surface area contributed by atoms with Crippen molar-refractivity contribution >= 4 is 11.9 Å². The zero-order valence-electron chi connectivity index (χ0n) is 12.0. The van der Waals surface area contributed by atoms with Crippen molar-refractivity contribution in [2.75, 3.05) is 26.7 Å². The number of carbonyl (C=O) groups is 2. The van der Waals surface area contributed by atoms with Crippen molar-refractivity contribution in [1.29, 1.82) is 0 Å². The summed E-state index contributed by atoms with van der Waals surface area (Å²) in [4.78, 5) is 25.4. The van der Waals surface area contributed by atoms with E-state index in [0.717, 1.165) is 19.5 Å².